The fraction of sp³-hybridized carbons (Fsp3) is 0.0588. The van der Waals surface area contributed by atoms with Crippen LogP contribution in [0.1, 0.15) is 25.0 Å². The topological polar surface area (TPSA) is 13.1 Å². The van der Waals surface area contributed by atoms with Crippen molar-refractivity contribution in [2.45, 2.75) is 19.3 Å². The number of rotatable bonds is 2. The molecule has 2 aromatic heterocycles. The van der Waals surface area contributed by atoms with Gasteiger partial charge in [0.2, 0.25) is 0 Å². The Hall–Kier alpha value is -6.22. The summed E-state index contributed by atoms with van der Waals surface area (Å²) in [6.07, 6.45) is 0. The number of benzene rings is 9. The molecule has 1 nitrogen and oxygen atoms in total. The quantitative estimate of drug-likeness (QED) is 0.164. The molecule has 53 heavy (non-hydrogen) atoms. The SMILES string of the molecule is CC1(C)c2ccccc2-c2ccc(-c3c4ccccc4c(-c4ccc5sc6c7cc8oc9ccccc9c8cc7ccc6c5c4)c4ccccc34)cc21. The zero-order valence-electron chi connectivity index (χ0n) is 29.3. The zero-order valence-corrected chi connectivity index (χ0v) is 30.1. The minimum atomic E-state index is -0.0599. The molecule has 0 N–H and O–H groups in total. The number of thiophene rings is 1. The second-order valence-corrected chi connectivity index (χ2v) is 16.2. The van der Waals surface area contributed by atoms with Crippen LogP contribution in [-0.4, -0.2) is 0 Å². The standard InChI is InChI=1S/C51H32OS/c1-51(2)43-17-9-7-11-32(43)33-22-20-31(27-44(33)51)49-37-15-5-3-13-35(37)48(36-14-4-6-16-38(36)49)30-21-24-47-42(26-30)39-23-19-29-25-41-34-12-8-10-18-45(34)52-46(41)28-40(29)50(39)53-47/h3-28H,1-2H3. The first-order valence-corrected chi connectivity index (χ1v) is 19.2. The van der Waals surface area contributed by atoms with Gasteiger partial charge in [-0.1, -0.05) is 135 Å². The van der Waals surface area contributed by atoms with Crippen LogP contribution >= 0.6 is 11.3 Å². The number of hydrogen-bond acceptors (Lipinski definition) is 2. The first-order valence-electron chi connectivity index (χ1n) is 18.4. The monoisotopic (exact) mass is 692 g/mol. The van der Waals surface area contributed by atoms with Crippen LogP contribution in [0, 0.1) is 0 Å². The summed E-state index contributed by atoms with van der Waals surface area (Å²) in [6.45, 7) is 4.74. The third-order valence-electron chi connectivity index (χ3n) is 12.0. The van der Waals surface area contributed by atoms with E-state index in [1.807, 2.05) is 17.4 Å². The van der Waals surface area contributed by atoms with Gasteiger partial charge < -0.3 is 4.42 Å². The molecule has 2 heteroatoms. The van der Waals surface area contributed by atoms with Gasteiger partial charge in [-0.05, 0) is 108 Å². The predicted molar refractivity (Wildman–Crippen MR) is 228 cm³/mol. The number of furan rings is 1. The van der Waals surface area contributed by atoms with Gasteiger partial charge in [-0.15, -0.1) is 11.3 Å². The minimum Gasteiger partial charge on any atom is -0.456 e. The van der Waals surface area contributed by atoms with Crippen LogP contribution in [0.15, 0.2) is 162 Å². The van der Waals surface area contributed by atoms with E-state index >= 15 is 0 Å². The summed E-state index contributed by atoms with van der Waals surface area (Å²) in [7, 11) is 0. The Kier molecular flexibility index (Phi) is 5.78. The molecule has 11 aromatic rings. The summed E-state index contributed by atoms with van der Waals surface area (Å²) in [5.74, 6) is 0. The van der Waals surface area contributed by atoms with Crippen LogP contribution in [-0.2, 0) is 5.41 Å². The Morgan fingerprint density at radius 3 is 1.79 bits per heavy atom. The average molecular weight is 693 g/mol. The Morgan fingerprint density at radius 1 is 0.415 bits per heavy atom. The molecule has 0 radical (unpaired) electrons. The third-order valence-corrected chi connectivity index (χ3v) is 13.3. The molecule has 12 rings (SSSR count). The summed E-state index contributed by atoms with van der Waals surface area (Å²) in [5.41, 5.74) is 12.4. The van der Waals surface area contributed by atoms with E-state index in [4.69, 9.17) is 4.42 Å². The van der Waals surface area contributed by atoms with Crippen LogP contribution in [0.2, 0.25) is 0 Å². The average Bonchev–Trinajstić information content (AvgIpc) is 3.83. The van der Waals surface area contributed by atoms with E-state index in [0.29, 0.717) is 0 Å². The minimum absolute atomic E-state index is 0.0599. The lowest BCUT2D eigenvalue weighted by atomic mass is 9.80. The Morgan fingerprint density at radius 2 is 1.04 bits per heavy atom. The van der Waals surface area contributed by atoms with Crippen molar-refractivity contribution in [3.05, 3.63) is 169 Å². The second kappa shape index (κ2) is 10.4. The van der Waals surface area contributed by atoms with Crippen molar-refractivity contribution in [3.63, 3.8) is 0 Å². The largest absolute Gasteiger partial charge is 0.456 e. The van der Waals surface area contributed by atoms with Gasteiger partial charge in [0, 0.05) is 41.7 Å². The highest BCUT2D eigenvalue weighted by Gasteiger charge is 2.35. The van der Waals surface area contributed by atoms with Gasteiger partial charge in [0.1, 0.15) is 11.2 Å². The first kappa shape index (κ1) is 29.4. The van der Waals surface area contributed by atoms with E-state index < -0.39 is 0 Å². The lowest BCUT2D eigenvalue weighted by molar-refractivity contribution is 0.660. The van der Waals surface area contributed by atoms with Gasteiger partial charge in [-0.3, -0.25) is 0 Å². The van der Waals surface area contributed by atoms with Crippen molar-refractivity contribution in [2.75, 3.05) is 0 Å². The van der Waals surface area contributed by atoms with E-state index in [2.05, 4.69) is 166 Å². The maximum atomic E-state index is 6.34. The highest BCUT2D eigenvalue weighted by molar-refractivity contribution is 7.26. The van der Waals surface area contributed by atoms with Gasteiger partial charge >= 0.3 is 0 Å². The molecule has 1 aliphatic rings. The normalized spacial score (nSPS) is 13.6. The van der Waals surface area contributed by atoms with Crippen molar-refractivity contribution >= 4 is 85.8 Å². The summed E-state index contributed by atoms with van der Waals surface area (Å²) in [4.78, 5) is 0. The molecule has 0 unspecified atom stereocenters. The highest BCUT2D eigenvalue weighted by Crippen LogP contribution is 2.52. The number of hydrogen-bond donors (Lipinski definition) is 0. The molecule has 0 spiro atoms. The lowest BCUT2D eigenvalue weighted by Gasteiger charge is -2.23. The second-order valence-electron chi connectivity index (χ2n) is 15.2. The summed E-state index contributed by atoms with van der Waals surface area (Å²) in [6, 6.07) is 58.7. The van der Waals surface area contributed by atoms with Crippen LogP contribution in [0.3, 0.4) is 0 Å². The molecule has 1 aliphatic carbocycles. The van der Waals surface area contributed by atoms with Crippen LogP contribution < -0.4 is 0 Å². The molecule has 0 bridgehead atoms. The van der Waals surface area contributed by atoms with Gasteiger partial charge in [-0.25, -0.2) is 0 Å². The summed E-state index contributed by atoms with van der Waals surface area (Å²) < 4.78 is 8.94. The Labute approximate surface area is 310 Å². The van der Waals surface area contributed by atoms with Crippen LogP contribution in [0.5, 0.6) is 0 Å². The van der Waals surface area contributed by atoms with Crippen LogP contribution in [0.4, 0.5) is 0 Å². The maximum Gasteiger partial charge on any atom is 0.136 e. The van der Waals surface area contributed by atoms with Crippen molar-refractivity contribution in [1.29, 1.82) is 0 Å². The molecule has 2 heterocycles. The predicted octanol–water partition coefficient (Wildman–Crippen LogP) is 15.1. The van der Waals surface area contributed by atoms with E-state index in [0.717, 1.165) is 11.2 Å². The molecule has 0 saturated heterocycles. The Bertz CT molecular complexity index is 3320. The number of para-hydroxylation sites is 1. The fourth-order valence-corrected chi connectivity index (χ4v) is 10.8. The highest BCUT2D eigenvalue weighted by atomic mass is 32.1. The van der Waals surface area contributed by atoms with E-state index in [-0.39, 0.29) is 5.41 Å². The van der Waals surface area contributed by atoms with Crippen LogP contribution in [0.25, 0.3) is 108 Å². The summed E-state index contributed by atoms with van der Waals surface area (Å²) >= 11 is 1.88. The molecule has 9 aromatic carbocycles. The zero-order chi connectivity index (χ0) is 35.0. The molecule has 0 atom stereocenters. The van der Waals surface area contributed by atoms with Crippen molar-refractivity contribution in [1.82, 2.24) is 0 Å². The fourth-order valence-electron chi connectivity index (χ4n) is 9.54. The molecule has 248 valence electrons. The first-order chi connectivity index (χ1) is 26.0. The van der Waals surface area contributed by atoms with Gasteiger partial charge in [0.15, 0.2) is 0 Å². The van der Waals surface area contributed by atoms with E-state index in [1.54, 1.807) is 0 Å². The summed E-state index contributed by atoms with van der Waals surface area (Å²) in [5, 5.41) is 12.5. The van der Waals surface area contributed by atoms with E-state index in [1.165, 1.54) is 108 Å². The Balaban J connectivity index is 1.08. The van der Waals surface area contributed by atoms with E-state index in [9.17, 15) is 0 Å². The van der Waals surface area contributed by atoms with Crippen molar-refractivity contribution < 1.29 is 4.42 Å². The van der Waals surface area contributed by atoms with Crippen molar-refractivity contribution in [2.24, 2.45) is 0 Å². The maximum absolute atomic E-state index is 6.34. The van der Waals surface area contributed by atoms with Gasteiger partial charge in [0.05, 0.1) is 0 Å². The molecule has 0 aliphatic heterocycles. The lowest BCUT2D eigenvalue weighted by Crippen LogP contribution is -2.14. The molecule has 0 saturated carbocycles. The molecule has 0 amide bonds. The number of fused-ring (bicyclic) bond motifs is 13. The van der Waals surface area contributed by atoms with Gasteiger partial charge in [0.25, 0.3) is 0 Å². The van der Waals surface area contributed by atoms with Gasteiger partial charge in [-0.2, -0.15) is 0 Å². The molecular weight excluding hydrogens is 661 g/mol. The smallest absolute Gasteiger partial charge is 0.136 e. The molecule has 0 fully saturated rings. The van der Waals surface area contributed by atoms with Crippen molar-refractivity contribution in [3.8, 4) is 33.4 Å². The molecular formula is C51H32OS. The third kappa shape index (κ3) is 3.96.